The summed E-state index contributed by atoms with van der Waals surface area (Å²) in [7, 11) is 1.92. The second-order valence-corrected chi connectivity index (χ2v) is 4.46. The molecule has 1 aromatic carbocycles. The number of halogens is 1. The number of aromatic nitrogens is 1. The first kappa shape index (κ1) is 10.6. The summed E-state index contributed by atoms with van der Waals surface area (Å²) < 4.78 is 0. The fraction of sp³-hybridized carbons (Fsp3) is 0.182. The van der Waals surface area contributed by atoms with E-state index in [2.05, 4.69) is 10.3 Å². The van der Waals surface area contributed by atoms with Crippen LogP contribution in [0.5, 0.6) is 0 Å². The molecule has 4 heteroatoms. The zero-order chi connectivity index (χ0) is 10.7. The summed E-state index contributed by atoms with van der Waals surface area (Å²) in [5, 5.41) is 3.87. The minimum absolute atomic E-state index is 0.762. The van der Waals surface area contributed by atoms with Crippen molar-refractivity contribution in [1.29, 1.82) is 0 Å². The fourth-order valence-electron chi connectivity index (χ4n) is 1.40. The fourth-order valence-corrected chi connectivity index (χ4v) is 2.34. The van der Waals surface area contributed by atoms with Crippen LogP contribution in [0.2, 0.25) is 5.02 Å². The van der Waals surface area contributed by atoms with Crippen LogP contribution in [0.3, 0.4) is 0 Å². The molecule has 1 heterocycles. The van der Waals surface area contributed by atoms with Gasteiger partial charge in [0.25, 0.3) is 0 Å². The van der Waals surface area contributed by atoms with Crippen molar-refractivity contribution in [2.24, 2.45) is 0 Å². The molecule has 0 saturated carbocycles. The highest BCUT2D eigenvalue weighted by Gasteiger charge is 2.07. The molecular weight excluding hydrogens is 228 g/mol. The van der Waals surface area contributed by atoms with Crippen molar-refractivity contribution in [3.05, 3.63) is 40.5 Å². The van der Waals surface area contributed by atoms with Gasteiger partial charge in [-0.15, -0.1) is 11.3 Å². The summed E-state index contributed by atoms with van der Waals surface area (Å²) in [6, 6.07) is 7.85. The van der Waals surface area contributed by atoms with Gasteiger partial charge in [-0.2, -0.15) is 0 Å². The summed E-state index contributed by atoms with van der Waals surface area (Å²) >= 11 is 7.50. The van der Waals surface area contributed by atoms with Gasteiger partial charge in [-0.25, -0.2) is 4.98 Å². The van der Waals surface area contributed by atoms with E-state index in [9.17, 15) is 0 Å². The highest BCUT2D eigenvalue weighted by atomic mass is 35.5. The number of nitrogens with one attached hydrogen (secondary N) is 1. The largest absolute Gasteiger partial charge is 0.314 e. The lowest BCUT2D eigenvalue weighted by Crippen LogP contribution is -2.06. The van der Waals surface area contributed by atoms with Gasteiger partial charge >= 0.3 is 0 Å². The lowest BCUT2D eigenvalue weighted by molar-refractivity contribution is 0.799. The van der Waals surface area contributed by atoms with Crippen molar-refractivity contribution >= 4 is 22.9 Å². The first-order valence-electron chi connectivity index (χ1n) is 4.64. The van der Waals surface area contributed by atoms with E-state index in [4.69, 9.17) is 11.6 Å². The number of rotatable bonds is 3. The molecule has 2 aromatic rings. The average molecular weight is 239 g/mol. The van der Waals surface area contributed by atoms with Crippen molar-refractivity contribution < 1.29 is 0 Å². The first-order chi connectivity index (χ1) is 7.31. The van der Waals surface area contributed by atoms with E-state index in [1.54, 1.807) is 11.3 Å². The molecule has 0 unspecified atom stereocenters. The molecule has 0 radical (unpaired) electrons. The summed E-state index contributed by atoms with van der Waals surface area (Å²) in [6.45, 7) is 0.793. The van der Waals surface area contributed by atoms with Crippen molar-refractivity contribution in [3.8, 4) is 10.4 Å². The Balaban J connectivity index is 2.36. The lowest BCUT2D eigenvalue weighted by atomic mass is 10.1. The van der Waals surface area contributed by atoms with E-state index in [0.717, 1.165) is 17.3 Å². The second kappa shape index (κ2) is 4.75. The molecular formula is C11H11ClN2S. The Morgan fingerprint density at radius 2 is 2.07 bits per heavy atom. The number of hydrogen-bond acceptors (Lipinski definition) is 3. The molecule has 1 N–H and O–H groups in total. The lowest BCUT2D eigenvalue weighted by Gasteiger charge is -2.01. The molecule has 0 amide bonds. The highest BCUT2D eigenvalue weighted by Crippen LogP contribution is 2.28. The molecule has 0 aliphatic rings. The molecule has 0 spiro atoms. The predicted octanol–water partition coefficient (Wildman–Crippen LogP) is 3.18. The minimum atomic E-state index is 0.762. The molecule has 2 rings (SSSR count). The first-order valence-corrected chi connectivity index (χ1v) is 5.90. The predicted molar refractivity (Wildman–Crippen MR) is 65.3 cm³/mol. The van der Waals surface area contributed by atoms with Gasteiger partial charge < -0.3 is 5.32 Å². The topological polar surface area (TPSA) is 24.9 Å². The molecule has 0 fully saturated rings. The summed E-state index contributed by atoms with van der Waals surface area (Å²) in [6.07, 6.45) is 0. The van der Waals surface area contributed by atoms with E-state index in [1.165, 1.54) is 10.4 Å². The van der Waals surface area contributed by atoms with Crippen LogP contribution in [0, 0.1) is 0 Å². The zero-order valence-electron chi connectivity index (χ0n) is 8.33. The van der Waals surface area contributed by atoms with E-state index >= 15 is 0 Å². The molecule has 2 nitrogen and oxygen atoms in total. The number of thiazole rings is 1. The third kappa shape index (κ3) is 2.37. The van der Waals surface area contributed by atoms with Crippen LogP contribution < -0.4 is 5.32 Å². The molecule has 15 heavy (non-hydrogen) atoms. The third-order valence-electron chi connectivity index (χ3n) is 2.09. The number of nitrogens with zero attached hydrogens (tertiary/aromatic N) is 1. The van der Waals surface area contributed by atoms with Gasteiger partial charge in [-0.3, -0.25) is 0 Å². The third-order valence-corrected chi connectivity index (χ3v) is 3.26. The molecule has 0 aliphatic carbocycles. The van der Waals surface area contributed by atoms with Crippen LogP contribution in [-0.4, -0.2) is 12.0 Å². The maximum absolute atomic E-state index is 5.85. The van der Waals surface area contributed by atoms with Gasteiger partial charge in [-0.05, 0) is 24.7 Å². The van der Waals surface area contributed by atoms with Crippen molar-refractivity contribution in [2.45, 2.75) is 6.54 Å². The Bertz CT molecular complexity index is 436. The summed E-state index contributed by atoms with van der Waals surface area (Å²) in [5.41, 5.74) is 4.13. The van der Waals surface area contributed by atoms with Crippen LogP contribution in [0.1, 0.15) is 5.69 Å². The highest BCUT2D eigenvalue weighted by molar-refractivity contribution is 7.13. The standard InChI is InChI=1S/C11H11ClN2S/c1-13-6-10-11(15-7-14-10)8-2-4-9(12)5-3-8/h2-5,7,13H,6H2,1H3. The average Bonchev–Trinajstić information content (AvgIpc) is 2.68. The number of benzene rings is 1. The molecule has 0 aliphatic heterocycles. The van der Waals surface area contributed by atoms with Crippen molar-refractivity contribution in [2.75, 3.05) is 7.05 Å². The zero-order valence-corrected chi connectivity index (χ0v) is 9.90. The second-order valence-electron chi connectivity index (χ2n) is 3.17. The van der Waals surface area contributed by atoms with Crippen molar-refractivity contribution in [3.63, 3.8) is 0 Å². The molecule has 78 valence electrons. The normalized spacial score (nSPS) is 10.5. The van der Waals surface area contributed by atoms with Crippen LogP contribution in [-0.2, 0) is 6.54 Å². The monoisotopic (exact) mass is 238 g/mol. The number of hydrogen-bond donors (Lipinski definition) is 1. The Kier molecular flexibility index (Phi) is 3.36. The molecule has 0 atom stereocenters. The van der Waals surface area contributed by atoms with Gasteiger partial charge in [0.05, 0.1) is 16.1 Å². The summed E-state index contributed by atoms with van der Waals surface area (Å²) in [5.74, 6) is 0. The maximum atomic E-state index is 5.85. The van der Waals surface area contributed by atoms with E-state index in [0.29, 0.717) is 0 Å². The van der Waals surface area contributed by atoms with Gasteiger partial charge in [0.1, 0.15) is 0 Å². The quantitative estimate of drug-likeness (QED) is 0.889. The van der Waals surface area contributed by atoms with Crippen LogP contribution in [0.25, 0.3) is 10.4 Å². The Hall–Kier alpha value is -0.900. The Morgan fingerprint density at radius 3 is 2.73 bits per heavy atom. The van der Waals surface area contributed by atoms with E-state index < -0.39 is 0 Å². The Morgan fingerprint density at radius 1 is 1.33 bits per heavy atom. The molecule has 0 saturated heterocycles. The van der Waals surface area contributed by atoms with Crippen LogP contribution in [0.15, 0.2) is 29.8 Å². The maximum Gasteiger partial charge on any atom is 0.0802 e. The van der Waals surface area contributed by atoms with Gasteiger partial charge in [0.2, 0.25) is 0 Å². The molecule has 0 bridgehead atoms. The van der Waals surface area contributed by atoms with Crippen LogP contribution in [0.4, 0.5) is 0 Å². The van der Waals surface area contributed by atoms with E-state index in [1.807, 2.05) is 36.8 Å². The smallest absolute Gasteiger partial charge is 0.0802 e. The molecule has 1 aromatic heterocycles. The summed E-state index contributed by atoms with van der Waals surface area (Å²) in [4.78, 5) is 5.54. The van der Waals surface area contributed by atoms with Gasteiger partial charge in [-0.1, -0.05) is 23.7 Å². The van der Waals surface area contributed by atoms with Gasteiger partial charge in [0, 0.05) is 11.6 Å². The van der Waals surface area contributed by atoms with Crippen LogP contribution >= 0.6 is 22.9 Å². The minimum Gasteiger partial charge on any atom is -0.314 e. The SMILES string of the molecule is CNCc1ncsc1-c1ccc(Cl)cc1. The van der Waals surface area contributed by atoms with E-state index in [-0.39, 0.29) is 0 Å². The van der Waals surface area contributed by atoms with Gasteiger partial charge in [0.15, 0.2) is 0 Å². The van der Waals surface area contributed by atoms with Crippen molar-refractivity contribution in [1.82, 2.24) is 10.3 Å². The Labute approximate surface area is 97.9 Å².